The first-order valence-corrected chi connectivity index (χ1v) is 4.33. The predicted molar refractivity (Wildman–Crippen MR) is 55.7 cm³/mol. The predicted octanol–water partition coefficient (Wildman–Crippen LogP) is 0.480. The molecule has 4 N–H and O–H groups in total. The zero-order valence-corrected chi connectivity index (χ0v) is 8.14. The van der Waals surface area contributed by atoms with E-state index in [0.29, 0.717) is 5.11 Å². The molecule has 1 rings (SSSR count). The summed E-state index contributed by atoms with van der Waals surface area (Å²) >= 11 is 4.86. The van der Waals surface area contributed by atoms with E-state index < -0.39 is 0 Å². The molecule has 0 aliphatic carbocycles. The molecule has 1 unspecified atom stereocenters. The zero-order valence-electron chi connectivity index (χ0n) is 7.32. The van der Waals surface area contributed by atoms with Crippen molar-refractivity contribution in [1.82, 2.24) is 15.7 Å². The van der Waals surface area contributed by atoms with Crippen molar-refractivity contribution in [2.45, 2.75) is 13.0 Å². The first kappa shape index (κ1) is 9.88. The summed E-state index contributed by atoms with van der Waals surface area (Å²) in [4.78, 5) is 4.18. The van der Waals surface area contributed by atoms with Crippen LogP contribution in [0.2, 0.25) is 0 Å². The summed E-state index contributed by atoms with van der Waals surface area (Å²) in [5.41, 5.74) is 3.29. The Bertz CT molecular complexity index is 275. The molecule has 1 atom stereocenters. The quantitative estimate of drug-likeness (QED) is 0.365. The maximum Gasteiger partial charge on any atom is 0.181 e. The Morgan fingerprint density at radius 2 is 2.38 bits per heavy atom. The van der Waals surface area contributed by atoms with Gasteiger partial charge in [0, 0.05) is 6.20 Å². The number of nitrogens with two attached hydrogens (primary N) is 1. The fourth-order valence-corrected chi connectivity index (χ4v) is 1.12. The van der Waals surface area contributed by atoms with Gasteiger partial charge in [0.2, 0.25) is 0 Å². The number of thiocarbonyl (C=S) groups is 1. The average molecular weight is 196 g/mol. The molecule has 70 valence electrons. The van der Waals surface area contributed by atoms with Crippen molar-refractivity contribution in [1.29, 1.82) is 0 Å². The number of pyridine rings is 1. The minimum atomic E-state index is 0.0600. The molecule has 0 saturated heterocycles. The minimum Gasteiger partial charge on any atom is -0.354 e. The summed E-state index contributed by atoms with van der Waals surface area (Å²) in [7, 11) is 0. The van der Waals surface area contributed by atoms with E-state index in [1.165, 1.54) is 0 Å². The van der Waals surface area contributed by atoms with Gasteiger partial charge in [-0.1, -0.05) is 6.07 Å². The molecule has 0 aliphatic heterocycles. The molecule has 0 saturated carbocycles. The van der Waals surface area contributed by atoms with Crippen LogP contribution >= 0.6 is 12.2 Å². The maximum atomic E-state index is 5.12. The molecule has 0 aliphatic rings. The Morgan fingerprint density at radius 1 is 1.62 bits per heavy atom. The van der Waals surface area contributed by atoms with Crippen LogP contribution in [0.15, 0.2) is 24.4 Å². The van der Waals surface area contributed by atoms with Crippen LogP contribution in [-0.4, -0.2) is 10.1 Å². The van der Waals surface area contributed by atoms with Gasteiger partial charge in [-0.3, -0.25) is 4.98 Å². The average Bonchev–Trinajstić information content (AvgIpc) is 2.19. The molecule has 1 aromatic heterocycles. The van der Waals surface area contributed by atoms with Crippen LogP contribution in [0.5, 0.6) is 0 Å². The molecule has 0 radical (unpaired) electrons. The molecular formula is C8H12N4S. The van der Waals surface area contributed by atoms with Crippen LogP contribution in [0.4, 0.5) is 0 Å². The van der Waals surface area contributed by atoms with Gasteiger partial charge in [-0.2, -0.15) is 0 Å². The second kappa shape index (κ2) is 4.74. The molecule has 4 nitrogen and oxygen atoms in total. The van der Waals surface area contributed by atoms with Gasteiger partial charge in [0.1, 0.15) is 0 Å². The molecule has 0 spiro atoms. The highest BCUT2D eigenvalue weighted by atomic mass is 32.1. The summed E-state index contributed by atoms with van der Waals surface area (Å²) in [6, 6.07) is 5.79. The summed E-state index contributed by atoms with van der Waals surface area (Å²) in [6.45, 7) is 1.96. The third kappa shape index (κ3) is 2.96. The highest BCUT2D eigenvalue weighted by Crippen LogP contribution is 2.06. The molecule has 1 heterocycles. The fourth-order valence-electron chi connectivity index (χ4n) is 0.944. The smallest absolute Gasteiger partial charge is 0.181 e. The molecule has 0 aromatic carbocycles. The summed E-state index contributed by atoms with van der Waals surface area (Å²) in [5.74, 6) is 5.12. The van der Waals surface area contributed by atoms with Crippen LogP contribution in [0.3, 0.4) is 0 Å². The maximum absolute atomic E-state index is 5.12. The normalized spacial score (nSPS) is 11.8. The van der Waals surface area contributed by atoms with E-state index in [9.17, 15) is 0 Å². The Kier molecular flexibility index (Phi) is 3.60. The first-order valence-electron chi connectivity index (χ1n) is 3.92. The Morgan fingerprint density at radius 3 is 2.92 bits per heavy atom. The standard InChI is InChI=1S/C8H12N4S/c1-6(11-8(13)12-9)7-4-2-3-5-10-7/h2-6H,9H2,1H3,(H2,11,12,13). The molecule has 0 fully saturated rings. The molecule has 0 bridgehead atoms. The third-order valence-electron chi connectivity index (χ3n) is 1.61. The summed E-state index contributed by atoms with van der Waals surface area (Å²) in [6.07, 6.45) is 1.74. The molecular weight excluding hydrogens is 184 g/mol. The second-order valence-electron chi connectivity index (χ2n) is 2.59. The Balaban J connectivity index is 2.59. The van der Waals surface area contributed by atoms with Crippen LogP contribution in [0.25, 0.3) is 0 Å². The van der Waals surface area contributed by atoms with Crippen molar-refractivity contribution in [3.63, 3.8) is 0 Å². The zero-order chi connectivity index (χ0) is 9.68. The van der Waals surface area contributed by atoms with Gasteiger partial charge in [-0.15, -0.1) is 0 Å². The largest absolute Gasteiger partial charge is 0.354 e. The van der Waals surface area contributed by atoms with Gasteiger partial charge in [-0.05, 0) is 31.3 Å². The monoisotopic (exact) mass is 196 g/mol. The van der Waals surface area contributed by atoms with Gasteiger partial charge in [0.25, 0.3) is 0 Å². The minimum absolute atomic E-state index is 0.0600. The van der Waals surface area contributed by atoms with Crippen molar-refractivity contribution in [2.75, 3.05) is 0 Å². The van der Waals surface area contributed by atoms with E-state index in [0.717, 1.165) is 5.69 Å². The van der Waals surface area contributed by atoms with Gasteiger partial charge in [0.05, 0.1) is 11.7 Å². The van der Waals surface area contributed by atoms with E-state index in [-0.39, 0.29) is 6.04 Å². The molecule has 5 heteroatoms. The Hall–Kier alpha value is -1.20. The molecule has 13 heavy (non-hydrogen) atoms. The van der Waals surface area contributed by atoms with Crippen molar-refractivity contribution < 1.29 is 0 Å². The number of rotatable bonds is 2. The van der Waals surface area contributed by atoms with E-state index >= 15 is 0 Å². The first-order chi connectivity index (χ1) is 6.24. The van der Waals surface area contributed by atoms with Crippen LogP contribution in [-0.2, 0) is 0 Å². The van der Waals surface area contributed by atoms with Crippen molar-refractivity contribution in [3.8, 4) is 0 Å². The lowest BCUT2D eigenvalue weighted by atomic mass is 10.2. The summed E-state index contributed by atoms with van der Waals surface area (Å²) < 4.78 is 0. The van der Waals surface area contributed by atoms with E-state index in [4.69, 9.17) is 18.1 Å². The number of hydrogen-bond acceptors (Lipinski definition) is 3. The van der Waals surface area contributed by atoms with Gasteiger partial charge in [-0.25, -0.2) is 5.84 Å². The highest BCUT2D eigenvalue weighted by molar-refractivity contribution is 7.80. The lowest BCUT2D eigenvalue weighted by Crippen LogP contribution is -2.40. The van der Waals surface area contributed by atoms with Crippen molar-refractivity contribution in [3.05, 3.63) is 30.1 Å². The van der Waals surface area contributed by atoms with Crippen LogP contribution in [0, 0.1) is 0 Å². The fraction of sp³-hybridized carbons (Fsp3) is 0.250. The second-order valence-corrected chi connectivity index (χ2v) is 3.00. The highest BCUT2D eigenvalue weighted by Gasteiger charge is 2.05. The van der Waals surface area contributed by atoms with Gasteiger partial charge in [0.15, 0.2) is 5.11 Å². The number of nitrogens with zero attached hydrogens (tertiary/aromatic N) is 1. The van der Waals surface area contributed by atoms with Gasteiger partial charge >= 0.3 is 0 Å². The lowest BCUT2D eigenvalue weighted by molar-refractivity contribution is 0.681. The number of aromatic nitrogens is 1. The van der Waals surface area contributed by atoms with E-state index in [1.807, 2.05) is 25.1 Å². The van der Waals surface area contributed by atoms with Crippen molar-refractivity contribution >= 4 is 17.3 Å². The van der Waals surface area contributed by atoms with E-state index in [1.54, 1.807) is 6.20 Å². The lowest BCUT2D eigenvalue weighted by Gasteiger charge is -2.14. The van der Waals surface area contributed by atoms with Crippen LogP contribution in [0.1, 0.15) is 18.7 Å². The van der Waals surface area contributed by atoms with Crippen molar-refractivity contribution in [2.24, 2.45) is 5.84 Å². The number of hydrogen-bond donors (Lipinski definition) is 3. The molecule has 0 amide bonds. The molecule has 1 aromatic rings. The third-order valence-corrected chi connectivity index (χ3v) is 1.85. The number of hydrazine groups is 1. The Labute approximate surface area is 82.5 Å². The van der Waals surface area contributed by atoms with Gasteiger partial charge < -0.3 is 10.7 Å². The SMILES string of the molecule is CC(NC(=S)NN)c1ccccn1. The summed E-state index contributed by atoms with van der Waals surface area (Å²) in [5, 5.41) is 3.39. The van der Waals surface area contributed by atoms with Crippen LogP contribution < -0.4 is 16.6 Å². The van der Waals surface area contributed by atoms with E-state index in [2.05, 4.69) is 15.7 Å². The number of nitrogens with one attached hydrogen (secondary N) is 2. The topological polar surface area (TPSA) is 63.0 Å².